The van der Waals surface area contributed by atoms with E-state index in [4.69, 9.17) is 23.2 Å². The van der Waals surface area contributed by atoms with Crippen molar-refractivity contribution in [2.24, 2.45) is 5.92 Å². The summed E-state index contributed by atoms with van der Waals surface area (Å²) in [6, 6.07) is 4.06. The molecule has 0 saturated carbocycles. The van der Waals surface area contributed by atoms with Crippen LogP contribution >= 0.6 is 23.2 Å². The van der Waals surface area contributed by atoms with E-state index in [-0.39, 0.29) is 45.3 Å². The number of imide groups is 1. The van der Waals surface area contributed by atoms with Crippen molar-refractivity contribution in [3.8, 4) is 0 Å². The summed E-state index contributed by atoms with van der Waals surface area (Å²) in [5.74, 6) is -5.14. The molecule has 0 bridgehead atoms. The van der Waals surface area contributed by atoms with E-state index in [1.165, 1.54) is 18.2 Å². The van der Waals surface area contributed by atoms with Crippen molar-refractivity contribution in [1.29, 1.82) is 0 Å². The molecule has 8 heteroatoms. The second kappa shape index (κ2) is 6.37. The molecule has 20 heavy (non-hydrogen) atoms. The molecule has 0 N–H and O–H groups in total. The summed E-state index contributed by atoms with van der Waals surface area (Å²) in [5, 5.41) is 0.387. The van der Waals surface area contributed by atoms with Gasteiger partial charge in [0.25, 0.3) is 5.91 Å². The van der Waals surface area contributed by atoms with Gasteiger partial charge in [-0.25, -0.2) is 4.90 Å². The largest absolute Gasteiger partial charge is 1.00 e. The molecule has 0 spiro atoms. The van der Waals surface area contributed by atoms with Crippen LogP contribution < -0.4 is 34.5 Å². The molecule has 5 nitrogen and oxygen atoms in total. The molecule has 0 aliphatic carbocycles. The fourth-order valence-corrected chi connectivity index (χ4v) is 2.09. The molecule has 1 saturated heterocycles. The smallest absolute Gasteiger partial charge is 0.299 e. The Balaban J connectivity index is 0.00000200. The SMILES string of the molecule is CC(=O)C1C(=O)C(=O)N(c2ccc(Cl)c(Cl)c2)C1=O.[Na+]. The molecule has 1 aromatic rings. The first kappa shape index (κ1) is 17.3. The number of Topliss-reactive ketones (excluding diaryl/α,β-unsaturated/α-hetero) is 2. The third-order valence-electron chi connectivity index (χ3n) is 2.71. The fourth-order valence-electron chi connectivity index (χ4n) is 1.80. The summed E-state index contributed by atoms with van der Waals surface area (Å²) in [6.45, 7) is 1.09. The predicted octanol–water partition coefficient (Wildman–Crippen LogP) is -1.36. The first-order chi connectivity index (χ1) is 8.84. The molecular formula is C12H7Cl2NNaO4+. The molecule has 1 unspecified atom stereocenters. The summed E-state index contributed by atoms with van der Waals surface area (Å²) in [4.78, 5) is 47.2. The number of ketones is 2. The fraction of sp³-hybridized carbons (Fsp3) is 0.167. The minimum Gasteiger partial charge on any atom is -0.299 e. The van der Waals surface area contributed by atoms with E-state index in [1.54, 1.807) is 0 Å². The molecule has 2 amide bonds. The van der Waals surface area contributed by atoms with Gasteiger partial charge in [-0.05, 0) is 25.1 Å². The van der Waals surface area contributed by atoms with Crippen LogP contribution in [0.25, 0.3) is 0 Å². The summed E-state index contributed by atoms with van der Waals surface area (Å²) < 4.78 is 0. The third-order valence-corrected chi connectivity index (χ3v) is 3.45. The van der Waals surface area contributed by atoms with E-state index >= 15 is 0 Å². The standard InChI is InChI=1S/C12H7Cl2NO4.Na/c1-5(16)9-10(17)12(19)15(11(9)18)6-2-3-7(13)8(14)4-6;/h2-4,9H,1H3;/q;+1. The quantitative estimate of drug-likeness (QED) is 0.292. The number of nitrogens with zero attached hydrogens (tertiary/aromatic N) is 1. The van der Waals surface area contributed by atoms with Crippen LogP contribution in [-0.4, -0.2) is 23.4 Å². The Kier molecular flexibility index (Phi) is 5.52. The van der Waals surface area contributed by atoms with Gasteiger partial charge in [-0.15, -0.1) is 0 Å². The number of halogens is 2. The van der Waals surface area contributed by atoms with Crippen molar-refractivity contribution in [2.45, 2.75) is 6.92 Å². The van der Waals surface area contributed by atoms with Gasteiger partial charge in [-0.2, -0.15) is 0 Å². The van der Waals surface area contributed by atoms with Gasteiger partial charge in [0, 0.05) is 0 Å². The summed E-state index contributed by atoms with van der Waals surface area (Å²) in [5.41, 5.74) is 0.113. The summed E-state index contributed by atoms with van der Waals surface area (Å²) in [6.07, 6.45) is 0. The first-order valence-electron chi connectivity index (χ1n) is 5.22. The molecule has 98 valence electrons. The topological polar surface area (TPSA) is 71.5 Å². The number of hydrogen-bond acceptors (Lipinski definition) is 4. The number of amides is 2. The van der Waals surface area contributed by atoms with Crippen LogP contribution in [0.2, 0.25) is 10.0 Å². The van der Waals surface area contributed by atoms with E-state index in [0.29, 0.717) is 4.90 Å². The Morgan fingerprint density at radius 1 is 1.15 bits per heavy atom. The third kappa shape index (κ3) is 2.82. The minimum atomic E-state index is -1.55. The maximum absolute atomic E-state index is 12.0. The van der Waals surface area contributed by atoms with Crippen LogP contribution in [0, 0.1) is 5.92 Å². The number of carbonyl (C=O) groups excluding carboxylic acids is 4. The molecule has 0 aromatic heterocycles. The van der Waals surface area contributed by atoms with Crippen molar-refractivity contribution in [3.05, 3.63) is 28.2 Å². The van der Waals surface area contributed by atoms with E-state index < -0.39 is 29.3 Å². The maximum atomic E-state index is 12.0. The number of anilines is 1. The van der Waals surface area contributed by atoms with Gasteiger partial charge in [0.05, 0.1) is 15.7 Å². The Bertz CT molecular complexity index is 632. The van der Waals surface area contributed by atoms with Gasteiger partial charge in [0.15, 0.2) is 5.92 Å². The zero-order valence-electron chi connectivity index (χ0n) is 10.6. The Morgan fingerprint density at radius 2 is 1.75 bits per heavy atom. The van der Waals surface area contributed by atoms with Gasteiger partial charge < -0.3 is 0 Å². The van der Waals surface area contributed by atoms with Crippen molar-refractivity contribution < 1.29 is 48.7 Å². The molecule has 1 atom stereocenters. The van der Waals surface area contributed by atoms with E-state index in [1.807, 2.05) is 0 Å². The Labute approximate surface area is 146 Å². The molecule has 1 aliphatic heterocycles. The minimum absolute atomic E-state index is 0. The van der Waals surface area contributed by atoms with Gasteiger partial charge >= 0.3 is 35.5 Å². The maximum Gasteiger partial charge on any atom is 1.00 e. The molecule has 0 radical (unpaired) electrons. The van der Waals surface area contributed by atoms with Crippen LogP contribution in [0.4, 0.5) is 5.69 Å². The van der Waals surface area contributed by atoms with Gasteiger partial charge in [-0.1, -0.05) is 23.2 Å². The summed E-state index contributed by atoms with van der Waals surface area (Å²) in [7, 11) is 0. The predicted molar refractivity (Wildman–Crippen MR) is 68.1 cm³/mol. The Hall–Kier alpha value is -0.720. The van der Waals surface area contributed by atoms with Crippen LogP contribution in [0.1, 0.15) is 6.92 Å². The number of rotatable bonds is 2. The average molecular weight is 323 g/mol. The number of hydrogen-bond donors (Lipinski definition) is 0. The van der Waals surface area contributed by atoms with Crippen LogP contribution in [0.15, 0.2) is 18.2 Å². The van der Waals surface area contributed by atoms with E-state index in [9.17, 15) is 19.2 Å². The van der Waals surface area contributed by atoms with Crippen LogP contribution in [-0.2, 0) is 19.2 Å². The summed E-state index contributed by atoms with van der Waals surface area (Å²) >= 11 is 11.5. The monoisotopic (exact) mass is 322 g/mol. The van der Waals surface area contributed by atoms with Crippen LogP contribution in [0.5, 0.6) is 0 Å². The van der Waals surface area contributed by atoms with Gasteiger partial charge in [0.1, 0.15) is 5.78 Å². The molecular weight excluding hydrogens is 316 g/mol. The number of carbonyl (C=O) groups is 4. The molecule has 1 heterocycles. The van der Waals surface area contributed by atoms with E-state index in [2.05, 4.69) is 0 Å². The first-order valence-corrected chi connectivity index (χ1v) is 5.98. The molecule has 1 fully saturated rings. The average Bonchev–Trinajstić information content (AvgIpc) is 2.54. The van der Waals surface area contributed by atoms with Crippen molar-refractivity contribution in [1.82, 2.24) is 0 Å². The molecule has 1 aromatic carbocycles. The van der Waals surface area contributed by atoms with Gasteiger partial charge in [0.2, 0.25) is 5.78 Å². The van der Waals surface area contributed by atoms with Gasteiger partial charge in [-0.3, -0.25) is 19.2 Å². The number of benzene rings is 1. The van der Waals surface area contributed by atoms with Crippen molar-refractivity contribution in [2.75, 3.05) is 4.90 Å². The zero-order valence-corrected chi connectivity index (χ0v) is 14.2. The Morgan fingerprint density at radius 3 is 2.20 bits per heavy atom. The van der Waals surface area contributed by atoms with E-state index in [0.717, 1.165) is 6.92 Å². The zero-order chi connectivity index (χ0) is 14.3. The molecule has 2 rings (SSSR count). The van der Waals surface area contributed by atoms with Crippen LogP contribution in [0.3, 0.4) is 0 Å². The van der Waals surface area contributed by atoms with Crippen molar-refractivity contribution >= 4 is 52.3 Å². The second-order valence-corrected chi connectivity index (χ2v) is 4.80. The van der Waals surface area contributed by atoms with Crippen molar-refractivity contribution in [3.63, 3.8) is 0 Å². The second-order valence-electron chi connectivity index (χ2n) is 3.99. The molecule has 1 aliphatic rings. The normalized spacial score (nSPS) is 18.2.